The molecule has 0 aliphatic heterocycles. The van der Waals surface area contributed by atoms with E-state index >= 15 is 0 Å². The van der Waals surface area contributed by atoms with Crippen molar-refractivity contribution in [1.29, 1.82) is 0 Å². The summed E-state index contributed by atoms with van der Waals surface area (Å²) in [7, 11) is -4.39. The molecule has 0 saturated heterocycles. The van der Waals surface area contributed by atoms with E-state index in [-0.39, 0.29) is 65.1 Å². The number of amides is 4. The number of unbranched alkanes of at least 4 members (excludes halogenated alkanes) is 3. The zero-order chi connectivity index (χ0) is 39.4. The lowest BCUT2D eigenvalue weighted by atomic mass is 10.0. The molecule has 5 N–H and O–H groups in total. The van der Waals surface area contributed by atoms with Gasteiger partial charge in [0.05, 0.1) is 17.0 Å². The van der Waals surface area contributed by atoms with Crippen LogP contribution in [0.3, 0.4) is 0 Å². The number of benzene rings is 1. The predicted molar refractivity (Wildman–Crippen MR) is 201 cm³/mol. The largest absolute Gasteiger partial charge is 0.444 e. The van der Waals surface area contributed by atoms with E-state index in [1.54, 1.807) is 26.8 Å². The predicted octanol–water partition coefficient (Wildman–Crippen LogP) is 6.15. The topological polar surface area (TPSA) is 218 Å². The fourth-order valence-corrected chi connectivity index (χ4v) is 5.70. The Morgan fingerprint density at radius 1 is 0.981 bits per heavy atom. The molecule has 0 bridgehead atoms. The van der Waals surface area contributed by atoms with Crippen LogP contribution in [0.2, 0.25) is 0 Å². The molecule has 0 unspecified atom stereocenters. The molecule has 16 heteroatoms. The quantitative estimate of drug-likeness (QED) is 0.0560. The number of nitrogens with one attached hydrogen (secondary N) is 4. The summed E-state index contributed by atoms with van der Waals surface area (Å²) in [6.45, 7) is 11.7. The highest BCUT2D eigenvalue weighted by Crippen LogP contribution is 2.18. The van der Waals surface area contributed by atoms with Gasteiger partial charge in [-0.15, -0.1) is 5.11 Å². The molecule has 2 rings (SSSR count). The monoisotopic (exact) mass is 757 g/mol. The summed E-state index contributed by atoms with van der Waals surface area (Å²) in [5.74, 6) is -0.363. The molecule has 0 aliphatic rings. The van der Waals surface area contributed by atoms with E-state index in [9.17, 15) is 32.1 Å². The third-order valence-corrected chi connectivity index (χ3v) is 8.38. The Hall–Kier alpha value is -4.70. The highest BCUT2D eigenvalue weighted by Gasteiger charge is 2.25. The van der Waals surface area contributed by atoms with Gasteiger partial charge in [-0.05, 0) is 82.6 Å². The molecule has 1 heterocycles. The summed E-state index contributed by atoms with van der Waals surface area (Å²) in [6.07, 6.45) is 8.18. The molecular weight excluding hydrogens is 703 g/mol. The first-order valence-corrected chi connectivity index (χ1v) is 19.4. The van der Waals surface area contributed by atoms with Gasteiger partial charge in [0.2, 0.25) is 11.8 Å². The average molecular weight is 758 g/mol. The van der Waals surface area contributed by atoms with Crippen molar-refractivity contribution in [3.05, 3.63) is 65.5 Å². The second kappa shape index (κ2) is 22.4. The standard InChI is InChI=1S/C37H55N7O8S/c1-7-14-29(42-35(47)30(23-26(2)3)43-36(48)52-37(4,5)6)16-10-8-9-11-18-33(45)38-21-22-39-34(46)28-19-20-32(40-24-28)44-41-25-27-15-12-13-17-31(27)53(49,50)51/h12-13,15-17,19-20,24,26,30H,7-11,14,18,21-23,25H2,1-6H3,(H,38,45)(H,39,46)(H,42,47)(H,43,48)(H,49,50,51)/t30-/m0/s1. The molecule has 15 nitrogen and oxygen atoms in total. The van der Waals surface area contributed by atoms with E-state index < -0.39 is 27.9 Å². The Labute approximate surface area is 313 Å². The van der Waals surface area contributed by atoms with Crippen molar-refractivity contribution in [1.82, 2.24) is 26.3 Å². The van der Waals surface area contributed by atoms with Crippen LogP contribution in [0.5, 0.6) is 0 Å². The zero-order valence-electron chi connectivity index (χ0n) is 31.6. The summed E-state index contributed by atoms with van der Waals surface area (Å²) in [6, 6.07) is 8.18. The highest BCUT2D eigenvalue weighted by molar-refractivity contribution is 7.85. The number of hydrogen-bond acceptors (Lipinski definition) is 10. The van der Waals surface area contributed by atoms with Crippen molar-refractivity contribution in [3.63, 3.8) is 0 Å². The molecule has 292 valence electrons. The van der Waals surface area contributed by atoms with Gasteiger partial charge < -0.3 is 26.0 Å². The van der Waals surface area contributed by atoms with Crippen LogP contribution < -0.4 is 21.3 Å². The molecule has 0 spiro atoms. The second-order valence-corrected chi connectivity index (χ2v) is 15.3. The Balaban J connectivity index is 1.69. The number of azo groups is 1. The van der Waals surface area contributed by atoms with E-state index in [2.05, 4.69) is 36.5 Å². The maximum Gasteiger partial charge on any atom is 0.408 e. The number of hydrogen-bond donors (Lipinski definition) is 5. The summed E-state index contributed by atoms with van der Waals surface area (Å²) >= 11 is 0. The number of carbonyl (C=O) groups excluding carboxylic acids is 4. The van der Waals surface area contributed by atoms with E-state index in [0.717, 1.165) is 31.4 Å². The first-order valence-electron chi connectivity index (χ1n) is 17.9. The summed E-state index contributed by atoms with van der Waals surface area (Å²) in [5, 5.41) is 19.1. The lowest BCUT2D eigenvalue weighted by Gasteiger charge is -2.24. The normalized spacial score (nSPS) is 12.7. The van der Waals surface area contributed by atoms with E-state index in [1.807, 2.05) is 26.8 Å². The molecule has 1 aromatic heterocycles. The number of pyridine rings is 1. The van der Waals surface area contributed by atoms with Gasteiger partial charge in [0, 0.05) is 31.4 Å². The fourth-order valence-electron chi connectivity index (χ4n) is 4.98. The molecular formula is C37H55N7O8S. The Kier molecular flexibility index (Phi) is 18.8. The first-order chi connectivity index (χ1) is 25.0. The first kappa shape index (κ1) is 44.5. The summed E-state index contributed by atoms with van der Waals surface area (Å²) in [5.41, 5.74) is 0.707. The third kappa shape index (κ3) is 18.6. The Bertz CT molecular complexity index is 1670. The molecule has 0 radical (unpaired) electrons. The molecule has 4 amide bonds. The van der Waals surface area contributed by atoms with Gasteiger partial charge in [0.15, 0.2) is 5.82 Å². The van der Waals surface area contributed by atoms with Gasteiger partial charge in [-0.2, -0.15) is 13.5 Å². The number of carbonyl (C=O) groups is 4. The van der Waals surface area contributed by atoms with Crippen LogP contribution in [0, 0.1) is 5.92 Å². The molecule has 0 fully saturated rings. The van der Waals surface area contributed by atoms with Gasteiger partial charge in [-0.3, -0.25) is 18.9 Å². The van der Waals surface area contributed by atoms with Crippen LogP contribution in [0.25, 0.3) is 0 Å². The Morgan fingerprint density at radius 3 is 2.34 bits per heavy atom. The number of ether oxygens (including phenoxy) is 1. The zero-order valence-corrected chi connectivity index (χ0v) is 32.4. The van der Waals surface area contributed by atoms with Crippen molar-refractivity contribution < 1.29 is 36.9 Å². The Morgan fingerprint density at radius 2 is 1.70 bits per heavy atom. The minimum absolute atomic E-state index is 0.0952. The van der Waals surface area contributed by atoms with E-state index in [4.69, 9.17) is 4.74 Å². The molecule has 0 saturated carbocycles. The van der Waals surface area contributed by atoms with Gasteiger partial charge in [0.1, 0.15) is 11.6 Å². The molecule has 0 aliphatic carbocycles. The molecule has 53 heavy (non-hydrogen) atoms. The minimum atomic E-state index is -4.39. The number of nitrogens with zero attached hydrogens (tertiary/aromatic N) is 3. The number of allylic oxidation sites excluding steroid dienone is 2. The third-order valence-electron chi connectivity index (χ3n) is 7.42. The van der Waals surface area contributed by atoms with Gasteiger partial charge >= 0.3 is 6.09 Å². The fraction of sp³-hybridized carbons (Fsp3) is 0.541. The molecule has 1 aromatic carbocycles. The van der Waals surface area contributed by atoms with Crippen molar-refractivity contribution >= 4 is 39.8 Å². The number of aromatic nitrogens is 1. The maximum absolute atomic E-state index is 13.1. The highest BCUT2D eigenvalue weighted by atomic mass is 32.2. The number of rotatable bonds is 21. The van der Waals surface area contributed by atoms with Gasteiger partial charge in [-0.1, -0.05) is 57.9 Å². The van der Waals surface area contributed by atoms with Crippen LogP contribution in [0.15, 0.2) is 69.5 Å². The lowest BCUT2D eigenvalue weighted by molar-refractivity contribution is -0.123. The maximum atomic E-state index is 13.1. The van der Waals surface area contributed by atoms with E-state index in [1.165, 1.54) is 36.5 Å². The summed E-state index contributed by atoms with van der Waals surface area (Å²) < 4.78 is 37.7. The molecule has 2 aromatic rings. The number of alkyl carbamates (subject to hydrolysis) is 1. The van der Waals surface area contributed by atoms with Crippen molar-refractivity contribution in [2.24, 2.45) is 16.1 Å². The SMILES string of the molecule is CCCC(=CCCCCCC(=O)NCCNC(=O)c1ccc(N=NCc2ccccc2S(=O)(=O)O)nc1)NC(=O)[C@H](CC(C)C)NC(=O)OC(C)(C)C. The van der Waals surface area contributed by atoms with Crippen molar-refractivity contribution in [3.8, 4) is 0 Å². The second-order valence-electron chi connectivity index (χ2n) is 13.9. The van der Waals surface area contributed by atoms with Crippen LogP contribution in [0.1, 0.15) is 109 Å². The summed E-state index contributed by atoms with van der Waals surface area (Å²) in [4.78, 5) is 54.0. The van der Waals surface area contributed by atoms with Gasteiger partial charge in [-0.25, -0.2) is 9.78 Å². The smallest absolute Gasteiger partial charge is 0.408 e. The van der Waals surface area contributed by atoms with Gasteiger partial charge in [0.25, 0.3) is 16.0 Å². The lowest BCUT2D eigenvalue weighted by Crippen LogP contribution is -2.48. The van der Waals surface area contributed by atoms with Crippen LogP contribution in [-0.4, -0.2) is 66.5 Å². The van der Waals surface area contributed by atoms with Crippen LogP contribution >= 0.6 is 0 Å². The average Bonchev–Trinajstić information content (AvgIpc) is 3.07. The minimum Gasteiger partial charge on any atom is -0.444 e. The van der Waals surface area contributed by atoms with Crippen molar-refractivity contribution in [2.75, 3.05) is 13.1 Å². The van der Waals surface area contributed by atoms with E-state index in [0.29, 0.717) is 25.7 Å². The van der Waals surface area contributed by atoms with Crippen molar-refractivity contribution in [2.45, 2.75) is 116 Å². The van der Waals surface area contributed by atoms with Crippen LogP contribution in [0.4, 0.5) is 10.6 Å². The van der Waals surface area contributed by atoms with Crippen LogP contribution in [-0.2, 0) is 31.0 Å². The molecule has 1 atom stereocenters.